The Hall–Kier alpha value is -1.75. The fourth-order valence-electron chi connectivity index (χ4n) is 5.64. The van der Waals surface area contributed by atoms with Gasteiger partial charge in [-0.1, -0.05) is 27.2 Å². The Morgan fingerprint density at radius 2 is 1.84 bits per heavy atom. The first kappa shape index (κ1) is 16.7. The van der Waals surface area contributed by atoms with Crippen LogP contribution in [0, 0.1) is 11.3 Å². The van der Waals surface area contributed by atoms with Gasteiger partial charge in [0.05, 0.1) is 12.2 Å². The van der Waals surface area contributed by atoms with Crippen LogP contribution in [0.1, 0.15) is 67.9 Å². The number of fused-ring (bicyclic) bond motifs is 4. The number of benzene rings is 1. The van der Waals surface area contributed by atoms with Crippen molar-refractivity contribution in [1.82, 2.24) is 0 Å². The molecule has 5 nitrogen and oxygen atoms in total. The summed E-state index contributed by atoms with van der Waals surface area (Å²) < 4.78 is 5.67. The first-order valence-electron chi connectivity index (χ1n) is 9.12. The smallest absolute Gasteiger partial charge is 0.168 e. The minimum atomic E-state index is -0.489. The van der Waals surface area contributed by atoms with E-state index < -0.39 is 6.10 Å². The Bertz CT molecular complexity index is 766. The van der Waals surface area contributed by atoms with E-state index >= 15 is 0 Å². The van der Waals surface area contributed by atoms with Crippen molar-refractivity contribution in [2.45, 2.75) is 64.4 Å². The highest BCUT2D eigenvalue weighted by Gasteiger charge is 2.55. The third-order valence-corrected chi connectivity index (χ3v) is 6.89. The number of Topliss-reactive ketones (excluding diaryl/α,β-unsaturated/α-hetero) is 1. The van der Waals surface area contributed by atoms with Crippen LogP contribution < -0.4 is 4.74 Å². The van der Waals surface area contributed by atoms with Crippen molar-refractivity contribution < 1.29 is 24.9 Å². The molecule has 1 aromatic rings. The SMILES string of the molecule is CC1(C)CCC[C@]2(C)c3c(O)c4c(c(O)c3C(=O)CC12)C[C@H](CO)O4. The zero-order valence-electron chi connectivity index (χ0n) is 15.1. The van der Waals surface area contributed by atoms with Crippen molar-refractivity contribution in [3.8, 4) is 17.2 Å². The molecule has 0 spiro atoms. The highest BCUT2D eigenvalue weighted by molar-refractivity contribution is 6.04. The molecule has 4 rings (SSSR count). The number of aliphatic hydroxyl groups is 1. The minimum Gasteiger partial charge on any atom is -0.507 e. The van der Waals surface area contributed by atoms with Gasteiger partial charge in [0.2, 0.25) is 0 Å². The zero-order valence-corrected chi connectivity index (χ0v) is 15.1. The number of hydrogen-bond donors (Lipinski definition) is 3. The Morgan fingerprint density at radius 3 is 2.52 bits per heavy atom. The van der Waals surface area contributed by atoms with E-state index in [1.807, 2.05) is 0 Å². The highest BCUT2D eigenvalue weighted by atomic mass is 16.5. The number of carbonyl (C=O) groups is 1. The number of phenolic OH excluding ortho intramolecular Hbond substituents is 2. The van der Waals surface area contributed by atoms with Gasteiger partial charge in [0.1, 0.15) is 11.9 Å². The maximum Gasteiger partial charge on any atom is 0.168 e. The molecule has 3 atom stereocenters. The summed E-state index contributed by atoms with van der Waals surface area (Å²) in [5.41, 5.74) is 0.894. The molecule has 136 valence electrons. The van der Waals surface area contributed by atoms with Crippen LogP contribution in [-0.2, 0) is 11.8 Å². The van der Waals surface area contributed by atoms with E-state index in [1.54, 1.807) is 0 Å². The first-order valence-corrected chi connectivity index (χ1v) is 9.12. The summed E-state index contributed by atoms with van der Waals surface area (Å²) in [4.78, 5) is 12.9. The van der Waals surface area contributed by atoms with Crippen molar-refractivity contribution in [2.24, 2.45) is 11.3 Å². The van der Waals surface area contributed by atoms with Gasteiger partial charge in [-0.15, -0.1) is 0 Å². The number of hydrogen-bond acceptors (Lipinski definition) is 5. The summed E-state index contributed by atoms with van der Waals surface area (Å²) in [6.07, 6.45) is 3.15. The Kier molecular flexibility index (Phi) is 3.43. The monoisotopic (exact) mass is 346 g/mol. The summed E-state index contributed by atoms with van der Waals surface area (Å²) in [7, 11) is 0. The minimum absolute atomic E-state index is 0.00405. The lowest BCUT2D eigenvalue weighted by Crippen LogP contribution is -2.49. The fraction of sp³-hybridized carbons (Fsp3) is 0.650. The van der Waals surface area contributed by atoms with E-state index in [-0.39, 0.29) is 52.0 Å². The van der Waals surface area contributed by atoms with Gasteiger partial charge in [-0.2, -0.15) is 0 Å². The second kappa shape index (κ2) is 5.13. The molecule has 0 saturated heterocycles. The fourth-order valence-corrected chi connectivity index (χ4v) is 5.64. The summed E-state index contributed by atoms with van der Waals surface area (Å²) in [5, 5.41) is 31.2. The third kappa shape index (κ3) is 2.08. The predicted molar refractivity (Wildman–Crippen MR) is 92.4 cm³/mol. The molecule has 2 aliphatic carbocycles. The molecule has 1 unspecified atom stereocenters. The molecule has 0 amide bonds. The zero-order chi connectivity index (χ0) is 18.1. The molecule has 5 heteroatoms. The van der Waals surface area contributed by atoms with Crippen molar-refractivity contribution in [1.29, 1.82) is 0 Å². The Labute approximate surface area is 147 Å². The average Bonchev–Trinajstić information content (AvgIpc) is 2.98. The van der Waals surface area contributed by atoms with Gasteiger partial charge >= 0.3 is 0 Å². The van der Waals surface area contributed by atoms with Crippen LogP contribution in [-0.4, -0.2) is 33.8 Å². The molecular weight excluding hydrogens is 320 g/mol. The van der Waals surface area contributed by atoms with Gasteiger partial charge in [-0.3, -0.25) is 4.79 Å². The second-order valence-corrected chi connectivity index (χ2v) is 8.82. The van der Waals surface area contributed by atoms with Crippen molar-refractivity contribution in [3.05, 3.63) is 16.7 Å². The molecule has 3 aliphatic rings. The molecule has 0 aromatic heterocycles. The van der Waals surface area contributed by atoms with Crippen LogP contribution >= 0.6 is 0 Å². The first-order chi connectivity index (χ1) is 11.7. The Morgan fingerprint density at radius 1 is 1.12 bits per heavy atom. The lowest BCUT2D eigenvalue weighted by molar-refractivity contribution is 0.0350. The molecular formula is C20H26O5. The molecule has 1 aromatic carbocycles. The van der Waals surface area contributed by atoms with Gasteiger partial charge in [0.25, 0.3) is 0 Å². The van der Waals surface area contributed by atoms with Crippen LogP contribution in [0.3, 0.4) is 0 Å². The van der Waals surface area contributed by atoms with Crippen molar-refractivity contribution in [3.63, 3.8) is 0 Å². The molecule has 0 radical (unpaired) electrons. The number of aliphatic hydroxyl groups excluding tert-OH is 1. The average molecular weight is 346 g/mol. The summed E-state index contributed by atoms with van der Waals surface area (Å²) in [6, 6.07) is 0. The van der Waals surface area contributed by atoms with Gasteiger partial charge in [-0.05, 0) is 24.2 Å². The van der Waals surface area contributed by atoms with Gasteiger partial charge < -0.3 is 20.1 Å². The summed E-state index contributed by atoms with van der Waals surface area (Å²) >= 11 is 0. The number of phenols is 2. The standard InChI is InChI=1S/C20H26O5/c1-19(2)5-4-6-20(3)13(19)8-12(22)14-15(20)17(24)18-11(16(14)23)7-10(9-21)25-18/h10,13,21,23-24H,4-9H2,1-3H3/t10-,13?,20+/m1/s1. The van der Waals surface area contributed by atoms with Gasteiger partial charge in [0, 0.05) is 29.4 Å². The van der Waals surface area contributed by atoms with Crippen LogP contribution in [0.5, 0.6) is 17.2 Å². The highest BCUT2D eigenvalue weighted by Crippen LogP contribution is 2.62. The van der Waals surface area contributed by atoms with E-state index in [2.05, 4.69) is 20.8 Å². The maximum absolute atomic E-state index is 12.9. The van der Waals surface area contributed by atoms with Crippen LogP contribution in [0.25, 0.3) is 0 Å². The van der Waals surface area contributed by atoms with E-state index in [9.17, 15) is 20.1 Å². The number of rotatable bonds is 1. The lowest BCUT2D eigenvalue weighted by Gasteiger charge is -2.53. The molecule has 1 saturated carbocycles. The number of ketones is 1. The van der Waals surface area contributed by atoms with E-state index in [1.165, 1.54) is 0 Å². The second-order valence-electron chi connectivity index (χ2n) is 8.82. The number of carbonyl (C=O) groups excluding carboxylic acids is 1. The normalized spacial score (nSPS) is 32.6. The quantitative estimate of drug-likeness (QED) is 0.680. The summed E-state index contributed by atoms with van der Waals surface area (Å²) in [6.45, 7) is 6.29. The number of aromatic hydroxyl groups is 2. The van der Waals surface area contributed by atoms with Crippen LogP contribution in [0.4, 0.5) is 0 Å². The summed E-state index contributed by atoms with van der Waals surface area (Å²) in [5.74, 6) is 0.180. The van der Waals surface area contributed by atoms with Gasteiger partial charge in [0.15, 0.2) is 17.3 Å². The van der Waals surface area contributed by atoms with Crippen LogP contribution in [0.2, 0.25) is 0 Å². The van der Waals surface area contributed by atoms with E-state index in [0.29, 0.717) is 24.0 Å². The largest absolute Gasteiger partial charge is 0.507 e. The van der Waals surface area contributed by atoms with Crippen molar-refractivity contribution in [2.75, 3.05) is 6.61 Å². The Balaban J connectivity index is 1.98. The predicted octanol–water partition coefficient (Wildman–Crippen LogP) is 3.06. The number of ether oxygens (including phenoxy) is 1. The lowest BCUT2D eigenvalue weighted by atomic mass is 9.50. The van der Waals surface area contributed by atoms with Crippen LogP contribution in [0.15, 0.2) is 0 Å². The van der Waals surface area contributed by atoms with Gasteiger partial charge in [-0.25, -0.2) is 0 Å². The van der Waals surface area contributed by atoms with E-state index in [0.717, 1.165) is 19.3 Å². The maximum atomic E-state index is 12.9. The topological polar surface area (TPSA) is 87.0 Å². The molecule has 1 aliphatic heterocycles. The molecule has 1 heterocycles. The molecule has 3 N–H and O–H groups in total. The third-order valence-electron chi connectivity index (χ3n) is 6.89. The molecule has 0 bridgehead atoms. The molecule has 1 fully saturated rings. The van der Waals surface area contributed by atoms with E-state index in [4.69, 9.17) is 4.74 Å². The molecule has 25 heavy (non-hydrogen) atoms. The van der Waals surface area contributed by atoms with Crippen molar-refractivity contribution >= 4 is 5.78 Å².